The van der Waals surface area contributed by atoms with E-state index in [0.717, 1.165) is 52.8 Å². The van der Waals surface area contributed by atoms with E-state index in [4.69, 9.17) is 4.98 Å². The van der Waals surface area contributed by atoms with Crippen LogP contribution in [0, 0.1) is 19.8 Å². The van der Waals surface area contributed by atoms with Crippen molar-refractivity contribution in [2.45, 2.75) is 65.3 Å². The number of fused-ring (bicyclic) bond motifs is 2. The van der Waals surface area contributed by atoms with Gasteiger partial charge >= 0.3 is 0 Å². The molecule has 0 bridgehead atoms. The standard InChI is InChI=1S/C28H37N7/c1-17(2)25-26(22-15-35-28(29-16-30-35)19(4)18(22)3)31-23-8-9-24(32-27(23)25)34-12-10-21(11-13-34)33(5)14-20-6-7-20/h8-9,15-17,20-21,31H,6-7,10-14H2,1-5H3. The van der Waals surface area contributed by atoms with Crippen molar-refractivity contribution < 1.29 is 0 Å². The topological polar surface area (TPSA) is 65.4 Å². The Labute approximate surface area is 207 Å². The summed E-state index contributed by atoms with van der Waals surface area (Å²) in [6, 6.07) is 5.12. The normalized spacial score (nSPS) is 17.5. The first-order chi connectivity index (χ1) is 16.9. The number of pyridine rings is 2. The zero-order valence-corrected chi connectivity index (χ0v) is 21.7. The summed E-state index contributed by atoms with van der Waals surface area (Å²) in [4.78, 5) is 18.5. The van der Waals surface area contributed by atoms with Gasteiger partial charge in [-0.05, 0) is 81.7 Å². The van der Waals surface area contributed by atoms with Gasteiger partial charge in [-0.3, -0.25) is 0 Å². The van der Waals surface area contributed by atoms with Crippen LogP contribution in [0.5, 0.6) is 0 Å². The van der Waals surface area contributed by atoms with Gasteiger partial charge in [-0.25, -0.2) is 14.5 Å². The molecule has 0 amide bonds. The number of nitrogens with one attached hydrogen (secondary N) is 1. The van der Waals surface area contributed by atoms with Crippen molar-refractivity contribution in [3.05, 3.63) is 41.3 Å². The molecule has 1 saturated heterocycles. The van der Waals surface area contributed by atoms with Crippen molar-refractivity contribution >= 4 is 22.5 Å². The Morgan fingerprint density at radius 1 is 1.09 bits per heavy atom. The van der Waals surface area contributed by atoms with E-state index >= 15 is 0 Å². The second-order valence-electron chi connectivity index (χ2n) is 11.1. The molecule has 0 atom stereocenters. The van der Waals surface area contributed by atoms with Gasteiger partial charge in [0.1, 0.15) is 12.1 Å². The van der Waals surface area contributed by atoms with Crippen LogP contribution in [-0.4, -0.2) is 62.2 Å². The van der Waals surface area contributed by atoms with E-state index in [1.54, 1.807) is 6.33 Å². The SMILES string of the molecule is Cc1c(-c2[nH]c3ccc(N4CCC(N(C)CC5CC5)CC4)nc3c2C(C)C)cn2ncnc2c1C. The van der Waals surface area contributed by atoms with E-state index in [0.29, 0.717) is 12.0 Å². The molecule has 7 heteroatoms. The molecule has 2 fully saturated rings. The summed E-state index contributed by atoms with van der Waals surface area (Å²) in [5.74, 6) is 2.40. The molecule has 35 heavy (non-hydrogen) atoms. The highest BCUT2D eigenvalue weighted by molar-refractivity contribution is 5.90. The fraction of sp³-hybridized carbons (Fsp3) is 0.536. The summed E-state index contributed by atoms with van der Waals surface area (Å²) in [6.45, 7) is 12.3. The maximum Gasteiger partial charge on any atom is 0.158 e. The molecular weight excluding hydrogens is 434 g/mol. The maximum atomic E-state index is 5.25. The number of anilines is 1. The molecule has 2 aliphatic rings. The lowest BCUT2D eigenvalue weighted by Gasteiger charge is -2.37. The third kappa shape index (κ3) is 3.99. The minimum atomic E-state index is 0.342. The van der Waals surface area contributed by atoms with Gasteiger partial charge in [-0.15, -0.1) is 0 Å². The summed E-state index contributed by atoms with van der Waals surface area (Å²) in [6.07, 6.45) is 9.01. The molecule has 0 radical (unpaired) electrons. The van der Waals surface area contributed by atoms with Gasteiger partial charge in [-0.2, -0.15) is 5.10 Å². The highest BCUT2D eigenvalue weighted by Crippen LogP contribution is 2.38. The van der Waals surface area contributed by atoms with Crippen LogP contribution in [0.25, 0.3) is 27.9 Å². The minimum Gasteiger partial charge on any atom is -0.356 e. The predicted molar refractivity (Wildman–Crippen MR) is 142 cm³/mol. The van der Waals surface area contributed by atoms with E-state index in [1.165, 1.54) is 48.9 Å². The first-order valence-electron chi connectivity index (χ1n) is 13.2. The maximum absolute atomic E-state index is 5.25. The average molecular weight is 472 g/mol. The average Bonchev–Trinajstić information content (AvgIpc) is 3.39. The number of hydrogen-bond donors (Lipinski definition) is 1. The Hall–Kier alpha value is -2.93. The number of H-pyrrole nitrogens is 1. The quantitative estimate of drug-likeness (QED) is 0.412. The van der Waals surface area contributed by atoms with Crippen molar-refractivity contribution in [2.24, 2.45) is 5.92 Å². The Bertz CT molecular complexity index is 1370. The zero-order valence-electron chi connectivity index (χ0n) is 21.7. The second kappa shape index (κ2) is 8.63. The van der Waals surface area contributed by atoms with Crippen LogP contribution >= 0.6 is 0 Å². The summed E-state index contributed by atoms with van der Waals surface area (Å²) < 4.78 is 1.89. The smallest absolute Gasteiger partial charge is 0.158 e. The number of piperidine rings is 1. The van der Waals surface area contributed by atoms with Crippen LogP contribution in [-0.2, 0) is 0 Å². The van der Waals surface area contributed by atoms with Crippen molar-refractivity contribution in [1.29, 1.82) is 0 Å². The van der Waals surface area contributed by atoms with Gasteiger partial charge in [-0.1, -0.05) is 13.8 Å². The van der Waals surface area contributed by atoms with Gasteiger partial charge < -0.3 is 14.8 Å². The molecule has 6 rings (SSSR count). The summed E-state index contributed by atoms with van der Waals surface area (Å²) >= 11 is 0. The summed E-state index contributed by atoms with van der Waals surface area (Å²) in [5, 5.41) is 4.41. The molecule has 4 aromatic rings. The number of rotatable bonds is 6. The molecule has 1 aliphatic carbocycles. The van der Waals surface area contributed by atoms with Gasteiger partial charge in [0.05, 0.1) is 16.7 Å². The molecule has 5 heterocycles. The zero-order chi connectivity index (χ0) is 24.3. The van der Waals surface area contributed by atoms with Crippen molar-refractivity contribution in [3.8, 4) is 11.3 Å². The number of hydrogen-bond acceptors (Lipinski definition) is 5. The highest BCUT2D eigenvalue weighted by Gasteiger charge is 2.29. The number of aromatic amines is 1. The second-order valence-corrected chi connectivity index (χ2v) is 11.1. The summed E-state index contributed by atoms with van der Waals surface area (Å²) in [5.41, 5.74) is 9.11. The Balaban J connectivity index is 1.33. The Morgan fingerprint density at radius 2 is 1.86 bits per heavy atom. The van der Waals surface area contributed by atoms with E-state index in [9.17, 15) is 0 Å². The van der Waals surface area contributed by atoms with E-state index in [2.05, 4.69) is 77.9 Å². The first-order valence-corrected chi connectivity index (χ1v) is 13.2. The molecular formula is C28H37N7. The molecule has 0 unspecified atom stereocenters. The van der Waals surface area contributed by atoms with Gasteiger partial charge in [0, 0.05) is 43.0 Å². The minimum absolute atomic E-state index is 0.342. The van der Waals surface area contributed by atoms with Gasteiger partial charge in [0.25, 0.3) is 0 Å². The lowest BCUT2D eigenvalue weighted by Crippen LogP contribution is -2.44. The van der Waals surface area contributed by atoms with Crippen LogP contribution in [0.2, 0.25) is 0 Å². The summed E-state index contributed by atoms with van der Waals surface area (Å²) in [7, 11) is 2.32. The lowest BCUT2D eigenvalue weighted by atomic mass is 9.95. The molecule has 1 aliphatic heterocycles. The fourth-order valence-electron chi connectivity index (χ4n) is 5.87. The Morgan fingerprint density at radius 3 is 2.57 bits per heavy atom. The van der Waals surface area contributed by atoms with E-state index in [-0.39, 0.29) is 0 Å². The van der Waals surface area contributed by atoms with Crippen LogP contribution in [0.3, 0.4) is 0 Å². The lowest BCUT2D eigenvalue weighted by molar-refractivity contribution is 0.200. The molecule has 4 aromatic heterocycles. The number of nitrogens with zero attached hydrogens (tertiary/aromatic N) is 6. The molecule has 0 spiro atoms. The number of aromatic nitrogens is 5. The van der Waals surface area contributed by atoms with E-state index in [1.807, 2.05) is 4.52 Å². The fourth-order valence-corrected chi connectivity index (χ4v) is 5.87. The Kier molecular flexibility index (Phi) is 5.55. The van der Waals surface area contributed by atoms with Crippen LogP contribution < -0.4 is 4.90 Å². The monoisotopic (exact) mass is 471 g/mol. The molecule has 1 saturated carbocycles. The largest absolute Gasteiger partial charge is 0.356 e. The van der Waals surface area contributed by atoms with Crippen molar-refractivity contribution in [2.75, 3.05) is 31.6 Å². The molecule has 184 valence electrons. The van der Waals surface area contributed by atoms with E-state index < -0.39 is 0 Å². The third-order valence-corrected chi connectivity index (χ3v) is 8.29. The highest BCUT2D eigenvalue weighted by atomic mass is 15.3. The van der Waals surface area contributed by atoms with Crippen LogP contribution in [0.15, 0.2) is 24.7 Å². The predicted octanol–water partition coefficient (Wildman–Crippen LogP) is 5.32. The number of aryl methyl sites for hydroxylation is 1. The molecule has 1 N–H and O–H groups in total. The van der Waals surface area contributed by atoms with Crippen LogP contribution in [0.1, 0.15) is 62.1 Å². The first kappa shape index (κ1) is 22.5. The van der Waals surface area contributed by atoms with Crippen molar-refractivity contribution in [1.82, 2.24) is 29.5 Å². The van der Waals surface area contributed by atoms with Crippen molar-refractivity contribution in [3.63, 3.8) is 0 Å². The molecule has 7 nitrogen and oxygen atoms in total. The molecule has 0 aromatic carbocycles. The van der Waals surface area contributed by atoms with Crippen LogP contribution in [0.4, 0.5) is 5.82 Å². The van der Waals surface area contributed by atoms with Gasteiger partial charge in [0.15, 0.2) is 5.65 Å². The third-order valence-electron chi connectivity index (χ3n) is 8.29. The van der Waals surface area contributed by atoms with Gasteiger partial charge in [0.2, 0.25) is 0 Å².